The number of aliphatic hydroxyl groups is 1. The second kappa shape index (κ2) is 4.61. The third kappa shape index (κ3) is 3.51. The molecule has 0 bridgehead atoms. The summed E-state index contributed by atoms with van der Waals surface area (Å²) in [5, 5.41) is 14.3. The summed E-state index contributed by atoms with van der Waals surface area (Å²) in [6.07, 6.45) is 0.978. The van der Waals surface area contributed by atoms with Crippen molar-refractivity contribution in [1.82, 2.24) is 10.6 Å². The zero-order valence-electron chi connectivity index (χ0n) is 9.17. The van der Waals surface area contributed by atoms with Crippen molar-refractivity contribution in [3.05, 3.63) is 0 Å². The fourth-order valence-electron chi connectivity index (χ4n) is 1.32. The maximum atomic E-state index is 11.5. The molecular formula is C10H18N2O3. The first kappa shape index (κ1) is 12.0. The first-order valence-corrected chi connectivity index (χ1v) is 5.12. The van der Waals surface area contributed by atoms with Gasteiger partial charge in [0, 0.05) is 25.0 Å². The molecule has 0 unspecified atom stereocenters. The van der Waals surface area contributed by atoms with Crippen LogP contribution in [0.2, 0.25) is 0 Å². The topological polar surface area (TPSA) is 78.4 Å². The fourth-order valence-corrected chi connectivity index (χ4v) is 1.32. The maximum Gasteiger partial charge on any atom is 0.242 e. The van der Waals surface area contributed by atoms with Crippen molar-refractivity contribution in [2.45, 2.75) is 32.7 Å². The number of rotatable bonds is 4. The van der Waals surface area contributed by atoms with Crippen LogP contribution in [-0.2, 0) is 9.59 Å². The van der Waals surface area contributed by atoms with Crippen LogP contribution in [0.4, 0.5) is 0 Å². The Labute approximate surface area is 89.2 Å². The van der Waals surface area contributed by atoms with E-state index in [0.717, 1.165) is 0 Å². The minimum atomic E-state index is -0.396. The lowest BCUT2D eigenvalue weighted by Crippen LogP contribution is -2.45. The summed E-state index contributed by atoms with van der Waals surface area (Å²) in [5.74, 6) is -0.237. The van der Waals surface area contributed by atoms with Crippen molar-refractivity contribution in [3.8, 4) is 0 Å². The van der Waals surface area contributed by atoms with Gasteiger partial charge in [-0.1, -0.05) is 13.8 Å². The molecule has 5 nitrogen and oxygen atoms in total. The van der Waals surface area contributed by atoms with Crippen molar-refractivity contribution >= 4 is 11.8 Å². The Hall–Kier alpha value is -1.10. The highest BCUT2D eigenvalue weighted by molar-refractivity contribution is 5.90. The van der Waals surface area contributed by atoms with Crippen LogP contribution in [0.5, 0.6) is 0 Å². The monoisotopic (exact) mass is 214 g/mol. The summed E-state index contributed by atoms with van der Waals surface area (Å²) in [5.41, 5.74) is -0.321. The smallest absolute Gasteiger partial charge is 0.242 e. The SMILES string of the molecule is CC(C)(CO)CNC(=O)[C@H]1CCC(=O)N1. The van der Waals surface area contributed by atoms with E-state index in [-0.39, 0.29) is 23.8 Å². The zero-order chi connectivity index (χ0) is 11.5. The van der Waals surface area contributed by atoms with Gasteiger partial charge in [-0.25, -0.2) is 0 Å². The predicted octanol–water partition coefficient (Wildman–Crippen LogP) is -0.600. The first-order chi connectivity index (χ1) is 6.94. The van der Waals surface area contributed by atoms with Gasteiger partial charge in [-0.2, -0.15) is 0 Å². The summed E-state index contributed by atoms with van der Waals surface area (Å²) in [4.78, 5) is 22.4. The number of aliphatic hydroxyl groups excluding tert-OH is 1. The highest BCUT2D eigenvalue weighted by Crippen LogP contribution is 2.12. The summed E-state index contributed by atoms with van der Waals surface area (Å²) in [6, 6.07) is -0.396. The van der Waals surface area contributed by atoms with Crippen LogP contribution in [0.15, 0.2) is 0 Å². The highest BCUT2D eigenvalue weighted by atomic mass is 16.3. The van der Waals surface area contributed by atoms with Gasteiger partial charge in [-0.3, -0.25) is 9.59 Å². The molecule has 0 aliphatic carbocycles. The van der Waals surface area contributed by atoms with E-state index in [9.17, 15) is 9.59 Å². The molecule has 0 radical (unpaired) electrons. The Kier molecular flexibility index (Phi) is 3.68. The molecule has 1 atom stereocenters. The Bertz CT molecular complexity index is 263. The second-order valence-corrected chi connectivity index (χ2v) is 4.70. The Morgan fingerprint density at radius 2 is 2.33 bits per heavy atom. The lowest BCUT2D eigenvalue weighted by Gasteiger charge is -2.22. The van der Waals surface area contributed by atoms with Crippen LogP contribution in [0, 0.1) is 5.41 Å². The van der Waals surface area contributed by atoms with Crippen molar-refractivity contribution in [2.75, 3.05) is 13.2 Å². The lowest BCUT2D eigenvalue weighted by atomic mass is 9.95. The third-order valence-electron chi connectivity index (χ3n) is 2.48. The molecule has 0 aromatic rings. The largest absolute Gasteiger partial charge is 0.396 e. The van der Waals surface area contributed by atoms with Crippen LogP contribution in [-0.4, -0.2) is 36.1 Å². The molecule has 0 aromatic carbocycles. The van der Waals surface area contributed by atoms with Gasteiger partial charge in [0.25, 0.3) is 0 Å². The maximum absolute atomic E-state index is 11.5. The number of nitrogens with one attached hydrogen (secondary N) is 2. The van der Waals surface area contributed by atoms with E-state index < -0.39 is 6.04 Å². The number of hydrogen-bond donors (Lipinski definition) is 3. The molecule has 1 rings (SSSR count). The average Bonchev–Trinajstić information content (AvgIpc) is 2.61. The Balaban J connectivity index is 2.33. The summed E-state index contributed by atoms with van der Waals surface area (Å²) in [6.45, 7) is 4.15. The van der Waals surface area contributed by atoms with Crippen molar-refractivity contribution in [1.29, 1.82) is 0 Å². The molecule has 1 saturated heterocycles. The van der Waals surface area contributed by atoms with E-state index in [4.69, 9.17) is 5.11 Å². The number of hydrogen-bond acceptors (Lipinski definition) is 3. The van der Waals surface area contributed by atoms with E-state index in [1.165, 1.54) is 0 Å². The van der Waals surface area contributed by atoms with Gasteiger partial charge in [-0.05, 0) is 6.42 Å². The molecule has 0 saturated carbocycles. The van der Waals surface area contributed by atoms with Gasteiger partial charge in [-0.15, -0.1) is 0 Å². The molecule has 2 amide bonds. The Morgan fingerprint density at radius 1 is 1.67 bits per heavy atom. The van der Waals surface area contributed by atoms with Crippen LogP contribution in [0.1, 0.15) is 26.7 Å². The van der Waals surface area contributed by atoms with Gasteiger partial charge in [0.1, 0.15) is 6.04 Å². The van der Waals surface area contributed by atoms with Crippen LogP contribution in [0.3, 0.4) is 0 Å². The minimum Gasteiger partial charge on any atom is -0.396 e. The summed E-state index contributed by atoms with van der Waals surface area (Å²) < 4.78 is 0. The predicted molar refractivity (Wildman–Crippen MR) is 55.0 cm³/mol. The molecular weight excluding hydrogens is 196 g/mol. The molecule has 3 N–H and O–H groups in total. The van der Waals surface area contributed by atoms with E-state index in [2.05, 4.69) is 10.6 Å². The van der Waals surface area contributed by atoms with Crippen molar-refractivity contribution in [2.24, 2.45) is 5.41 Å². The van der Waals surface area contributed by atoms with Gasteiger partial charge in [0.15, 0.2) is 0 Å². The molecule has 0 spiro atoms. The zero-order valence-corrected chi connectivity index (χ0v) is 9.17. The van der Waals surface area contributed by atoms with E-state index in [1.807, 2.05) is 13.8 Å². The van der Waals surface area contributed by atoms with E-state index in [0.29, 0.717) is 19.4 Å². The minimum absolute atomic E-state index is 0.0182. The molecule has 86 valence electrons. The third-order valence-corrected chi connectivity index (χ3v) is 2.48. The molecule has 1 heterocycles. The van der Waals surface area contributed by atoms with Gasteiger partial charge in [0.05, 0.1) is 0 Å². The summed E-state index contributed by atoms with van der Waals surface area (Å²) in [7, 11) is 0. The Morgan fingerprint density at radius 3 is 2.80 bits per heavy atom. The second-order valence-electron chi connectivity index (χ2n) is 4.70. The van der Waals surface area contributed by atoms with E-state index in [1.54, 1.807) is 0 Å². The van der Waals surface area contributed by atoms with E-state index >= 15 is 0 Å². The van der Waals surface area contributed by atoms with Gasteiger partial charge < -0.3 is 15.7 Å². The lowest BCUT2D eigenvalue weighted by molar-refractivity contribution is -0.126. The van der Waals surface area contributed by atoms with Crippen molar-refractivity contribution < 1.29 is 14.7 Å². The molecule has 1 fully saturated rings. The summed E-state index contributed by atoms with van der Waals surface area (Å²) >= 11 is 0. The molecule has 1 aliphatic heterocycles. The van der Waals surface area contributed by atoms with Crippen LogP contribution in [0.25, 0.3) is 0 Å². The number of carbonyl (C=O) groups excluding carboxylic acids is 2. The number of carbonyl (C=O) groups is 2. The van der Waals surface area contributed by atoms with Crippen LogP contribution < -0.4 is 10.6 Å². The van der Waals surface area contributed by atoms with Crippen molar-refractivity contribution in [3.63, 3.8) is 0 Å². The van der Waals surface area contributed by atoms with Crippen LogP contribution >= 0.6 is 0 Å². The first-order valence-electron chi connectivity index (χ1n) is 5.12. The fraction of sp³-hybridized carbons (Fsp3) is 0.800. The molecule has 0 aromatic heterocycles. The standard InChI is InChI=1S/C10H18N2O3/c1-10(2,6-13)5-11-9(15)7-3-4-8(14)12-7/h7,13H,3-6H2,1-2H3,(H,11,15)(H,12,14)/t7-/m1/s1. The highest BCUT2D eigenvalue weighted by Gasteiger charge is 2.28. The average molecular weight is 214 g/mol. The molecule has 5 heteroatoms. The quantitative estimate of drug-likeness (QED) is 0.584. The number of amides is 2. The van der Waals surface area contributed by atoms with Gasteiger partial charge >= 0.3 is 0 Å². The molecule has 1 aliphatic rings. The molecule has 15 heavy (non-hydrogen) atoms. The van der Waals surface area contributed by atoms with Gasteiger partial charge in [0.2, 0.25) is 11.8 Å². The normalized spacial score (nSPS) is 21.3.